The van der Waals surface area contributed by atoms with Crippen molar-refractivity contribution in [2.24, 2.45) is 17.6 Å². The summed E-state index contributed by atoms with van der Waals surface area (Å²) in [6, 6.07) is 0. The molecule has 3 atom stereocenters. The molecule has 0 aromatic rings. The monoisotopic (exact) mass is 199 g/mol. The summed E-state index contributed by atoms with van der Waals surface area (Å²) in [6.45, 7) is 5.12. The quantitative estimate of drug-likeness (QED) is 0.755. The van der Waals surface area contributed by atoms with Crippen LogP contribution in [-0.2, 0) is 4.74 Å². The van der Waals surface area contributed by atoms with Gasteiger partial charge in [-0.05, 0) is 31.6 Å². The normalized spacial score (nSPS) is 32.6. The Morgan fingerprint density at radius 1 is 1.43 bits per heavy atom. The van der Waals surface area contributed by atoms with Crippen molar-refractivity contribution in [3.63, 3.8) is 0 Å². The summed E-state index contributed by atoms with van der Waals surface area (Å²) in [5, 5.41) is 0. The van der Waals surface area contributed by atoms with E-state index in [1.165, 1.54) is 32.1 Å². The first-order valence-corrected chi connectivity index (χ1v) is 5.88. The Hall–Kier alpha value is -0.0800. The molecule has 1 aliphatic carbocycles. The second-order valence-corrected chi connectivity index (χ2v) is 5.08. The molecule has 1 aliphatic rings. The molecular formula is C12H25NO. The van der Waals surface area contributed by atoms with Gasteiger partial charge in [0.25, 0.3) is 0 Å². The van der Waals surface area contributed by atoms with Crippen molar-refractivity contribution in [3.8, 4) is 0 Å². The van der Waals surface area contributed by atoms with E-state index in [0.717, 1.165) is 5.92 Å². The first-order chi connectivity index (χ1) is 6.60. The first kappa shape index (κ1) is 12.0. The van der Waals surface area contributed by atoms with Gasteiger partial charge in [0, 0.05) is 12.6 Å². The molecule has 2 nitrogen and oxygen atoms in total. The maximum Gasteiger partial charge on any atom is 0.0642 e. The highest BCUT2D eigenvalue weighted by molar-refractivity contribution is 4.90. The van der Waals surface area contributed by atoms with Crippen LogP contribution in [0.5, 0.6) is 0 Å². The fourth-order valence-corrected chi connectivity index (χ4v) is 2.69. The molecule has 1 fully saturated rings. The van der Waals surface area contributed by atoms with E-state index < -0.39 is 0 Å². The molecule has 0 heterocycles. The Balaban J connectivity index is 2.49. The summed E-state index contributed by atoms with van der Waals surface area (Å²) in [5.74, 6) is 1.55. The largest absolute Gasteiger partial charge is 0.383 e. The molecule has 84 valence electrons. The van der Waals surface area contributed by atoms with E-state index in [2.05, 4.69) is 13.8 Å². The molecule has 2 heteroatoms. The van der Waals surface area contributed by atoms with Crippen molar-refractivity contribution in [3.05, 3.63) is 0 Å². The Bertz CT molecular complexity index is 168. The molecule has 0 saturated heterocycles. The van der Waals surface area contributed by atoms with Crippen molar-refractivity contribution in [1.29, 1.82) is 0 Å². The third-order valence-corrected chi connectivity index (χ3v) is 3.75. The van der Waals surface area contributed by atoms with Crippen molar-refractivity contribution in [2.75, 3.05) is 13.7 Å². The van der Waals surface area contributed by atoms with Gasteiger partial charge >= 0.3 is 0 Å². The van der Waals surface area contributed by atoms with E-state index in [0.29, 0.717) is 12.5 Å². The summed E-state index contributed by atoms with van der Waals surface area (Å²) >= 11 is 0. The van der Waals surface area contributed by atoms with E-state index >= 15 is 0 Å². The molecule has 0 bridgehead atoms. The van der Waals surface area contributed by atoms with Gasteiger partial charge in [-0.25, -0.2) is 0 Å². The number of nitrogens with two attached hydrogens (primary N) is 1. The summed E-state index contributed by atoms with van der Waals surface area (Å²) in [5.41, 5.74) is 6.17. The molecule has 0 amide bonds. The molecule has 0 aliphatic heterocycles. The van der Waals surface area contributed by atoms with Crippen molar-refractivity contribution >= 4 is 0 Å². The SMILES string of the molecule is CCC1CCCC(C(C)(N)COC)C1. The zero-order valence-electron chi connectivity index (χ0n) is 9.88. The van der Waals surface area contributed by atoms with Crippen LogP contribution in [0, 0.1) is 11.8 Å². The number of hydrogen-bond acceptors (Lipinski definition) is 2. The maximum absolute atomic E-state index is 6.29. The van der Waals surface area contributed by atoms with Gasteiger partial charge in [-0.15, -0.1) is 0 Å². The Labute approximate surface area is 88.2 Å². The minimum atomic E-state index is -0.122. The van der Waals surface area contributed by atoms with Crippen LogP contribution in [0.15, 0.2) is 0 Å². The lowest BCUT2D eigenvalue weighted by molar-refractivity contribution is 0.0772. The lowest BCUT2D eigenvalue weighted by atomic mass is 9.72. The fraction of sp³-hybridized carbons (Fsp3) is 1.00. The standard InChI is InChI=1S/C12H25NO/c1-4-10-6-5-7-11(8-10)12(2,13)9-14-3/h10-11H,4-9,13H2,1-3H3. The third kappa shape index (κ3) is 2.96. The van der Waals surface area contributed by atoms with Crippen LogP contribution in [0.1, 0.15) is 46.0 Å². The van der Waals surface area contributed by atoms with Crippen LogP contribution >= 0.6 is 0 Å². The Kier molecular flexibility index (Phi) is 4.39. The minimum Gasteiger partial charge on any atom is -0.383 e. The minimum absolute atomic E-state index is 0.122. The van der Waals surface area contributed by atoms with Crippen LogP contribution < -0.4 is 5.73 Å². The Morgan fingerprint density at radius 2 is 2.14 bits per heavy atom. The molecule has 2 N–H and O–H groups in total. The lowest BCUT2D eigenvalue weighted by Gasteiger charge is -2.39. The van der Waals surface area contributed by atoms with E-state index in [9.17, 15) is 0 Å². The third-order valence-electron chi connectivity index (χ3n) is 3.75. The first-order valence-electron chi connectivity index (χ1n) is 5.88. The van der Waals surface area contributed by atoms with Crippen LogP contribution in [0.3, 0.4) is 0 Å². The molecule has 0 aromatic carbocycles. The molecule has 0 aromatic heterocycles. The van der Waals surface area contributed by atoms with Crippen LogP contribution in [0.25, 0.3) is 0 Å². The molecular weight excluding hydrogens is 174 g/mol. The molecule has 3 unspecified atom stereocenters. The van der Waals surface area contributed by atoms with Crippen LogP contribution in [-0.4, -0.2) is 19.3 Å². The molecule has 1 saturated carbocycles. The van der Waals surface area contributed by atoms with Crippen LogP contribution in [0.2, 0.25) is 0 Å². The molecule has 14 heavy (non-hydrogen) atoms. The average Bonchev–Trinajstić information content (AvgIpc) is 2.18. The van der Waals surface area contributed by atoms with Gasteiger partial charge in [-0.3, -0.25) is 0 Å². The van der Waals surface area contributed by atoms with Crippen LogP contribution in [0.4, 0.5) is 0 Å². The maximum atomic E-state index is 6.29. The van der Waals surface area contributed by atoms with Gasteiger partial charge in [-0.2, -0.15) is 0 Å². The fourth-order valence-electron chi connectivity index (χ4n) is 2.69. The molecule has 1 rings (SSSR count). The number of ether oxygens (including phenoxy) is 1. The highest BCUT2D eigenvalue weighted by atomic mass is 16.5. The van der Waals surface area contributed by atoms with Crippen molar-refractivity contribution in [2.45, 2.75) is 51.5 Å². The van der Waals surface area contributed by atoms with Gasteiger partial charge in [0.05, 0.1) is 6.61 Å². The van der Waals surface area contributed by atoms with Crippen molar-refractivity contribution < 1.29 is 4.74 Å². The second kappa shape index (κ2) is 5.13. The second-order valence-electron chi connectivity index (χ2n) is 5.08. The van der Waals surface area contributed by atoms with Gasteiger partial charge in [-0.1, -0.05) is 26.2 Å². The number of hydrogen-bond donors (Lipinski definition) is 1. The Morgan fingerprint density at radius 3 is 2.71 bits per heavy atom. The summed E-state index contributed by atoms with van der Waals surface area (Å²) in [7, 11) is 1.74. The molecule has 0 radical (unpaired) electrons. The van der Waals surface area contributed by atoms with E-state index in [1.54, 1.807) is 7.11 Å². The van der Waals surface area contributed by atoms with E-state index in [-0.39, 0.29) is 5.54 Å². The topological polar surface area (TPSA) is 35.2 Å². The van der Waals surface area contributed by atoms with Gasteiger partial charge in [0.1, 0.15) is 0 Å². The zero-order valence-corrected chi connectivity index (χ0v) is 9.88. The number of methoxy groups -OCH3 is 1. The summed E-state index contributed by atoms with van der Waals surface area (Å²) < 4.78 is 5.20. The van der Waals surface area contributed by atoms with Gasteiger partial charge in [0.15, 0.2) is 0 Å². The zero-order chi connectivity index (χ0) is 10.6. The summed E-state index contributed by atoms with van der Waals surface area (Å²) in [4.78, 5) is 0. The predicted octanol–water partition coefficient (Wildman–Crippen LogP) is 2.57. The van der Waals surface area contributed by atoms with Gasteiger partial charge in [0.2, 0.25) is 0 Å². The smallest absolute Gasteiger partial charge is 0.0642 e. The number of rotatable bonds is 4. The lowest BCUT2D eigenvalue weighted by Crippen LogP contribution is -2.49. The summed E-state index contributed by atoms with van der Waals surface area (Å²) in [6.07, 6.45) is 6.63. The van der Waals surface area contributed by atoms with E-state index in [4.69, 9.17) is 10.5 Å². The van der Waals surface area contributed by atoms with Crippen molar-refractivity contribution in [1.82, 2.24) is 0 Å². The average molecular weight is 199 g/mol. The highest BCUT2D eigenvalue weighted by Crippen LogP contribution is 2.36. The molecule has 0 spiro atoms. The highest BCUT2D eigenvalue weighted by Gasteiger charge is 2.33. The van der Waals surface area contributed by atoms with Gasteiger partial charge < -0.3 is 10.5 Å². The van der Waals surface area contributed by atoms with E-state index in [1.807, 2.05) is 0 Å². The predicted molar refractivity (Wildman–Crippen MR) is 60.2 cm³/mol.